The summed E-state index contributed by atoms with van der Waals surface area (Å²) in [7, 11) is 0. The number of aromatic nitrogens is 1. The van der Waals surface area contributed by atoms with Gasteiger partial charge in [0.25, 0.3) is 0 Å². The summed E-state index contributed by atoms with van der Waals surface area (Å²) in [5.41, 5.74) is 6.00. The molecule has 2 fully saturated rings. The lowest BCUT2D eigenvalue weighted by Crippen LogP contribution is -2.51. The second-order valence-corrected chi connectivity index (χ2v) is 6.71. The van der Waals surface area contributed by atoms with E-state index in [1.165, 1.54) is 0 Å². The third kappa shape index (κ3) is 5.12. The maximum atomic E-state index is 12.6. The Morgan fingerprint density at radius 2 is 1.88 bits per heavy atom. The fourth-order valence-corrected chi connectivity index (χ4v) is 3.53. The highest BCUT2D eigenvalue weighted by Gasteiger charge is 2.30. The fourth-order valence-electron chi connectivity index (χ4n) is 3.42. The molecule has 0 aromatic carbocycles. The van der Waals surface area contributed by atoms with Crippen molar-refractivity contribution in [2.45, 2.75) is 31.7 Å². The minimum absolute atomic E-state index is 0. The van der Waals surface area contributed by atoms with Crippen molar-refractivity contribution in [3.05, 3.63) is 23.4 Å². The van der Waals surface area contributed by atoms with Gasteiger partial charge in [-0.1, -0.05) is 18.0 Å². The van der Waals surface area contributed by atoms with Gasteiger partial charge in [-0.3, -0.25) is 4.79 Å². The molecule has 2 heterocycles. The van der Waals surface area contributed by atoms with Gasteiger partial charge in [-0.15, -0.1) is 24.8 Å². The Labute approximate surface area is 160 Å². The Morgan fingerprint density at radius 1 is 1.17 bits per heavy atom. The maximum absolute atomic E-state index is 12.6. The molecule has 1 aromatic rings. The first-order valence-electron chi connectivity index (χ1n) is 8.04. The molecule has 0 bridgehead atoms. The molecule has 136 valence electrons. The van der Waals surface area contributed by atoms with Gasteiger partial charge in [0.15, 0.2) is 0 Å². The van der Waals surface area contributed by atoms with E-state index in [1.54, 1.807) is 6.20 Å². The molecule has 5 nitrogen and oxygen atoms in total. The molecule has 2 aliphatic rings. The Hall–Kier alpha value is -0.750. The quantitative estimate of drug-likeness (QED) is 0.836. The van der Waals surface area contributed by atoms with Crippen LogP contribution in [0.1, 0.15) is 25.7 Å². The lowest BCUT2D eigenvalue weighted by Gasteiger charge is -2.38. The molecule has 1 saturated heterocycles. The molecule has 24 heavy (non-hydrogen) atoms. The number of amides is 1. The predicted molar refractivity (Wildman–Crippen MR) is 102 cm³/mol. The average molecular weight is 396 g/mol. The second-order valence-electron chi connectivity index (χ2n) is 6.27. The number of piperazine rings is 1. The third-order valence-electron chi connectivity index (χ3n) is 4.69. The molecular formula is C16H25Cl3N4O. The number of carbonyl (C=O) groups is 1. The Balaban J connectivity index is 0.00000144. The smallest absolute Gasteiger partial charge is 0.225 e. The SMILES string of the molecule is Cl.Cl.NC1CCCC(C(=O)N2CCN(c3ccc(Cl)cn3)CC2)C1. The van der Waals surface area contributed by atoms with E-state index in [4.69, 9.17) is 17.3 Å². The number of halogens is 3. The van der Waals surface area contributed by atoms with Crippen molar-refractivity contribution in [1.82, 2.24) is 9.88 Å². The molecule has 2 atom stereocenters. The van der Waals surface area contributed by atoms with E-state index >= 15 is 0 Å². The van der Waals surface area contributed by atoms with Crippen LogP contribution in [0.5, 0.6) is 0 Å². The van der Waals surface area contributed by atoms with E-state index < -0.39 is 0 Å². The number of nitrogens with zero attached hydrogens (tertiary/aromatic N) is 3. The number of nitrogens with two attached hydrogens (primary N) is 1. The van der Waals surface area contributed by atoms with Gasteiger partial charge in [-0.05, 0) is 31.4 Å². The molecule has 8 heteroatoms. The Kier molecular flexibility index (Phi) is 8.57. The van der Waals surface area contributed by atoms with Crippen molar-refractivity contribution < 1.29 is 4.79 Å². The molecule has 1 aliphatic carbocycles. The van der Waals surface area contributed by atoms with Crippen LogP contribution in [0.25, 0.3) is 0 Å². The lowest BCUT2D eigenvalue weighted by atomic mass is 9.85. The summed E-state index contributed by atoms with van der Waals surface area (Å²) in [6.07, 6.45) is 5.63. The van der Waals surface area contributed by atoms with Crippen molar-refractivity contribution >= 4 is 48.1 Å². The normalized spacial score (nSPS) is 23.9. The molecule has 3 rings (SSSR count). The van der Waals surface area contributed by atoms with Crippen LogP contribution >= 0.6 is 36.4 Å². The molecular weight excluding hydrogens is 371 g/mol. The van der Waals surface area contributed by atoms with Crippen molar-refractivity contribution in [1.29, 1.82) is 0 Å². The average Bonchev–Trinajstić information content (AvgIpc) is 2.55. The largest absolute Gasteiger partial charge is 0.353 e. The lowest BCUT2D eigenvalue weighted by molar-refractivity contribution is -0.137. The number of carbonyl (C=O) groups excluding carboxylic acids is 1. The molecule has 1 aromatic heterocycles. The summed E-state index contributed by atoms with van der Waals surface area (Å²) < 4.78 is 0. The summed E-state index contributed by atoms with van der Waals surface area (Å²) >= 11 is 5.87. The van der Waals surface area contributed by atoms with Crippen LogP contribution in [-0.2, 0) is 4.79 Å². The highest BCUT2D eigenvalue weighted by atomic mass is 35.5. The Morgan fingerprint density at radius 3 is 2.46 bits per heavy atom. The van der Waals surface area contributed by atoms with E-state index in [1.807, 2.05) is 17.0 Å². The molecule has 1 saturated carbocycles. The number of hydrogen-bond donors (Lipinski definition) is 1. The highest BCUT2D eigenvalue weighted by molar-refractivity contribution is 6.30. The summed E-state index contributed by atoms with van der Waals surface area (Å²) in [5.74, 6) is 1.35. The van der Waals surface area contributed by atoms with Crippen molar-refractivity contribution in [3.63, 3.8) is 0 Å². The van der Waals surface area contributed by atoms with Crippen molar-refractivity contribution in [2.24, 2.45) is 11.7 Å². The second kappa shape index (κ2) is 9.66. The van der Waals surface area contributed by atoms with Gasteiger partial charge in [0.1, 0.15) is 5.82 Å². The number of rotatable bonds is 2. The summed E-state index contributed by atoms with van der Waals surface area (Å²) in [5, 5.41) is 0.645. The topological polar surface area (TPSA) is 62.5 Å². The monoisotopic (exact) mass is 394 g/mol. The van der Waals surface area contributed by atoms with Crippen molar-refractivity contribution in [2.75, 3.05) is 31.1 Å². The van der Waals surface area contributed by atoms with Gasteiger partial charge in [-0.25, -0.2) is 4.98 Å². The molecule has 1 amide bonds. The van der Waals surface area contributed by atoms with Crippen LogP contribution < -0.4 is 10.6 Å². The van der Waals surface area contributed by atoms with Gasteiger partial charge >= 0.3 is 0 Å². The van der Waals surface area contributed by atoms with Crippen molar-refractivity contribution in [3.8, 4) is 0 Å². The molecule has 1 aliphatic heterocycles. The van der Waals surface area contributed by atoms with Gasteiger partial charge in [-0.2, -0.15) is 0 Å². The minimum Gasteiger partial charge on any atom is -0.353 e. The highest BCUT2D eigenvalue weighted by Crippen LogP contribution is 2.26. The maximum Gasteiger partial charge on any atom is 0.225 e. The number of hydrogen-bond acceptors (Lipinski definition) is 4. The first kappa shape index (κ1) is 21.3. The summed E-state index contributed by atoms with van der Waals surface area (Å²) in [6.45, 7) is 3.15. The van der Waals surface area contributed by atoms with Crippen LogP contribution in [0.4, 0.5) is 5.82 Å². The first-order valence-corrected chi connectivity index (χ1v) is 8.42. The molecule has 0 radical (unpaired) electrons. The van der Waals surface area contributed by atoms with Gasteiger partial charge in [0.2, 0.25) is 5.91 Å². The van der Waals surface area contributed by atoms with Crippen LogP contribution in [0.15, 0.2) is 18.3 Å². The number of pyridine rings is 1. The van der Waals surface area contributed by atoms with E-state index in [0.29, 0.717) is 10.9 Å². The van der Waals surface area contributed by atoms with E-state index in [2.05, 4.69) is 9.88 Å². The van der Waals surface area contributed by atoms with Gasteiger partial charge in [0.05, 0.1) is 5.02 Å². The third-order valence-corrected chi connectivity index (χ3v) is 4.91. The van der Waals surface area contributed by atoms with Crippen LogP contribution in [-0.4, -0.2) is 48.0 Å². The fraction of sp³-hybridized carbons (Fsp3) is 0.625. The minimum atomic E-state index is 0. The molecule has 0 spiro atoms. The number of anilines is 1. The Bertz CT molecular complexity index is 521. The van der Waals surface area contributed by atoms with Gasteiger partial charge in [0, 0.05) is 44.3 Å². The molecule has 2 N–H and O–H groups in total. The standard InChI is InChI=1S/C16H23ClN4O.2ClH/c17-13-4-5-15(19-11-13)20-6-8-21(9-7-20)16(22)12-2-1-3-14(18)10-12;;/h4-5,11-12,14H,1-3,6-10,18H2;2*1H. The summed E-state index contributed by atoms with van der Waals surface area (Å²) in [6, 6.07) is 3.98. The van der Waals surface area contributed by atoms with Gasteiger partial charge < -0.3 is 15.5 Å². The van der Waals surface area contributed by atoms with E-state index in [-0.39, 0.29) is 36.8 Å². The summed E-state index contributed by atoms with van der Waals surface area (Å²) in [4.78, 5) is 21.1. The van der Waals surface area contributed by atoms with Crippen LogP contribution in [0.2, 0.25) is 5.02 Å². The molecule has 2 unspecified atom stereocenters. The zero-order valence-electron chi connectivity index (χ0n) is 13.6. The zero-order chi connectivity index (χ0) is 15.5. The van der Waals surface area contributed by atoms with E-state index in [0.717, 1.165) is 57.7 Å². The van der Waals surface area contributed by atoms with Crippen LogP contribution in [0, 0.1) is 5.92 Å². The first-order chi connectivity index (χ1) is 10.6. The predicted octanol–water partition coefficient (Wildman–Crippen LogP) is 2.74. The van der Waals surface area contributed by atoms with E-state index in [9.17, 15) is 4.79 Å². The zero-order valence-corrected chi connectivity index (χ0v) is 16.0. The van der Waals surface area contributed by atoms with Crippen LogP contribution in [0.3, 0.4) is 0 Å².